The first-order chi connectivity index (χ1) is 10.9. The first-order valence-corrected chi connectivity index (χ1v) is 7.56. The van der Waals surface area contributed by atoms with E-state index in [-0.39, 0.29) is 15.9 Å². The van der Waals surface area contributed by atoms with E-state index in [1.165, 1.54) is 18.3 Å². The maximum atomic E-state index is 13.0. The largest absolute Gasteiger partial charge is 0.444 e. The van der Waals surface area contributed by atoms with E-state index >= 15 is 0 Å². The Morgan fingerprint density at radius 1 is 1.09 bits per heavy atom. The summed E-state index contributed by atoms with van der Waals surface area (Å²) in [6.45, 7) is 0. The highest BCUT2D eigenvalue weighted by Gasteiger charge is 2.36. The van der Waals surface area contributed by atoms with Gasteiger partial charge in [0.05, 0.1) is 0 Å². The molecule has 8 heteroatoms. The third-order valence-electron chi connectivity index (χ3n) is 2.79. The zero-order valence-electron chi connectivity index (χ0n) is 11.3. The summed E-state index contributed by atoms with van der Waals surface area (Å²) < 4.78 is 44.4. The first kappa shape index (κ1) is 15.8. The van der Waals surface area contributed by atoms with Gasteiger partial charge in [0, 0.05) is 17.8 Å². The molecule has 0 aliphatic rings. The molecule has 0 saturated carbocycles. The van der Waals surface area contributed by atoms with E-state index in [1.54, 1.807) is 30.3 Å². The van der Waals surface area contributed by atoms with Crippen LogP contribution in [0.1, 0.15) is 5.01 Å². The van der Waals surface area contributed by atoms with Gasteiger partial charge >= 0.3 is 6.18 Å². The van der Waals surface area contributed by atoms with Crippen molar-refractivity contribution in [3.8, 4) is 22.1 Å². The summed E-state index contributed by atoms with van der Waals surface area (Å²) in [4.78, 5) is 7.49. The molecule has 0 fully saturated rings. The van der Waals surface area contributed by atoms with Crippen LogP contribution >= 0.6 is 22.9 Å². The molecule has 0 N–H and O–H groups in total. The molecule has 0 radical (unpaired) electrons. The Labute approximate surface area is 138 Å². The summed E-state index contributed by atoms with van der Waals surface area (Å²) in [7, 11) is 0. The summed E-state index contributed by atoms with van der Waals surface area (Å²) in [6, 6.07) is 11.5. The van der Waals surface area contributed by atoms with Crippen molar-refractivity contribution < 1.29 is 17.9 Å². The molecule has 0 unspecified atom stereocenters. The van der Waals surface area contributed by atoms with Gasteiger partial charge in [0.2, 0.25) is 10.1 Å². The number of benzene rings is 1. The number of rotatable bonds is 3. The van der Waals surface area contributed by atoms with Gasteiger partial charge in [-0.2, -0.15) is 13.2 Å². The molecule has 0 aliphatic carbocycles. The zero-order valence-corrected chi connectivity index (χ0v) is 12.9. The molecule has 118 valence electrons. The number of pyridine rings is 1. The molecule has 3 rings (SSSR count). The highest BCUT2D eigenvalue weighted by Crippen LogP contribution is 2.43. The van der Waals surface area contributed by atoms with Crippen LogP contribution in [-0.2, 0) is 6.18 Å². The number of nitrogens with zero attached hydrogens (tertiary/aromatic N) is 2. The standard InChI is InChI=1S/C15H8ClF3N2OS/c16-11-8-10(6-7-20-11)22-13-12(9-4-2-1-3-5-9)21-14(23-13)15(17,18)19/h1-8H. The average Bonchev–Trinajstić information content (AvgIpc) is 2.92. The lowest BCUT2D eigenvalue weighted by atomic mass is 10.2. The predicted molar refractivity (Wildman–Crippen MR) is 81.9 cm³/mol. The second kappa shape index (κ2) is 6.17. The topological polar surface area (TPSA) is 35.0 Å². The normalized spacial score (nSPS) is 11.5. The van der Waals surface area contributed by atoms with E-state index in [2.05, 4.69) is 9.97 Å². The van der Waals surface area contributed by atoms with E-state index in [0.717, 1.165) is 0 Å². The van der Waals surface area contributed by atoms with Crippen LogP contribution in [-0.4, -0.2) is 9.97 Å². The molecular formula is C15H8ClF3N2OS. The summed E-state index contributed by atoms with van der Waals surface area (Å²) in [6.07, 6.45) is -3.13. The molecule has 3 aromatic rings. The van der Waals surface area contributed by atoms with Gasteiger partial charge in [0.1, 0.15) is 16.6 Å². The fourth-order valence-electron chi connectivity index (χ4n) is 1.83. The van der Waals surface area contributed by atoms with Crippen molar-refractivity contribution in [3.63, 3.8) is 0 Å². The van der Waals surface area contributed by atoms with Crippen molar-refractivity contribution in [1.82, 2.24) is 9.97 Å². The number of hydrogen-bond acceptors (Lipinski definition) is 4. The minimum Gasteiger partial charge on any atom is -0.444 e. The molecular weight excluding hydrogens is 349 g/mol. The predicted octanol–water partition coefficient (Wildman–Crippen LogP) is 5.67. The molecule has 0 atom stereocenters. The van der Waals surface area contributed by atoms with Crippen molar-refractivity contribution in [1.29, 1.82) is 0 Å². The van der Waals surface area contributed by atoms with E-state index in [9.17, 15) is 13.2 Å². The molecule has 3 nitrogen and oxygen atoms in total. The Balaban J connectivity index is 2.05. The number of thiazole rings is 1. The Bertz CT molecular complexity index is 821. The summed E-state index contributed by atoms with van der Waals surface area (Å²) in [5.41, 5.74) is 0.672. The van der Waals surface area contributed by atoms with Gasteiger partial charge < -0.3 is 4.74 Å². The van der Waals surface area contributed by atoms with Gasteiger partial charge in [-0.05, 0) is 6.07 Å². The Kier molecular flexibility index (Phi) is 4.23. The van der Waals surface area contributed by atoms with E-state index in [4.69, 9.17) is 16.3 Å². The number of alkyl halides is 3. The van der Waals surface area contributed by atoms with E-state index in [1.807, 2.05) is 0 Å². The van der Waals surface area contributed by atoms with Gasteiger partial charge in [-0.3, -0.25) is 0 Å². The van der Waals surface area contributed by atoms with Crippen LogP contribution in [0, 0.1) is 0 Å². The van der Waals surface area contributed by atoms with Gasteiger partial charge in [0.15, 0.2) is 0 Å². The average molecular weight is 357 g/mol. The summed E-state index contributed by atoms with van der Waals surface area (Å²) in [5.74, 6) is 0.291. The Morgan fingerprint density at radius 3 is 2.48 bits per heavy atom. The summed E-state index contributed by atoms with van der Waals surface area (Å²) in [5, 5.41) is -0.735. The number of aromatic nitrogens is 2. The monoisotopic (exact) mass is 356 g/mol. The molecule has 0 aliphatic heterocycles. The Morgan fingerprint density at radius 2 is 1.83 bits per heavy atom. The minimum atomic E-state index is -4.54. The van der Waals surface area contributed by atoms with E-state index < -0.39 is 11.2 Å². The van der Waals surface area contributed by atoms with Crippen LogP contribution in [0.15, 0.2) is 48.7 Å². The van der Waals surface area contributed by atoms with Crippen molar-refractivity contribution in [2.75, 3.05) is 0 Å². The molecule has 0 bridgehead atoms. The number of hydrogen-bond donors (Lipinski definition) is 0. The van der Waals surface area contributed by atoms with Gasteiger partial charge in [-0.15, -0.1) is 0 Å². The molecule has 0 spiro atoms. The highest BCUT2D eigenvalue weighted by molar-refractivity contribution is 7.14. The van der Waals surface area contributed by atoms with Gasteiger partial charge in [-0.1, -0.05) is 53.3 Å². The quantitative estimate of drug-likeness (QED) is 0.567. The molecule has 2 aromatic heterocycles. The van der Waals surface area contributed by atoms with Crippen molar-refractivity contribution in [3.05, 3.63) is 58.8 Å². The Hall–Kier alpha value is -2.12. The number of ether oxygens (including phenoxy) is 1. The first-order valence-electron chi connectivity index (χ1n) is 6.36. The molecule has 0 saturated heterocycles. The maximum Gasteiger partial charge on any atom is 0.443 e. The van der Waals surface area contributed by atoms with Crippen molar-refractivity contribution in [2.45, 2.75) is 6.18 Å². The van der Waals surface area contributed by atoms with E-state index in [0.29, 0.717) is 22.6 Å². The third-order valence-corrected chi connectivity index (χ3v) is 3.98. The summed E-state index contributed by atoms with van der Waals surface area (Å²) >= 11 is 6.20. The van der Waals surface area contributed by atoms with Crippen LogP contribution in [0.4, 0.5) is 13.2 Å². The highest BCUT2D eigenvalue weighted by atomic mass is 35.5. The third kappa shape index (κ3) is 3.62. The van der Waals surface area contributed by atoms with Crippen LogP contribution in [0.5, 0.6) is 10.8 Å². The molecule has 23 heavy (non-hydrogen) atoms. The second-order valence-corrected chi connectivity index (χ2v) is 5.78. The molecule has 2 heterocycles. The van der Waals surface area contributed by atoms with Crippen molar-refractivity contribution in [2.24, 2.45) is 0 Å². The SMILES string of the molecule is FC(F)(F)c1nc(-c2ccccc2)c(Oc2ccnc(Cl)c2)s1. The van der Waals surface area contributed by atoms with Crippen LogP contribution < -0.4 is 4.74 Å². The zero-order chi connectivity index (χ0) is 16.4. The van der Waals surface area contributed by atoms with Crippen molar-refractivity contribution >= 4 is 22.9 Å². The van der Waals surface area contributed by atoms with Crippen LogP contribution in [0.3, 0.4) is 0 Å². The van der Waals surface area contributed by atoms with Crippen LogP contribution in [0.25, 0.3) is 11.3 Å². The lowest BCUT2D eigenvalue weighted by Crippen LogP contribution is -2.03. The fourth-order valence-corrected chi connectivity index (χ4v) is 2.82. The van der Waals surface area contributed by atoms with Gasteiger partial charge in [-0.25, -0.2) is 9.97 Å². The fraction of sp³-hybridized carbons (Fsp3) is 0.0667. The second-order valence-electron chi connectivity index (χ2n) is 4.44. The minimum absolute atomic E-state index is 0.0470. The lowest BCUT2D eigenvalue weighted by Gasteiger charge is -2.05. The number of halogens is 4. The van der Waals surface area contributed by atoms with Gasteiger partial charge in [0.25, 0.3) is 0 Å². The lowest BCUT2D eigenvalue weighted by molar-refractivity contribution is -0.137. The maximum absolute atomic E-state index is 13.0. The van der Waals surface area contributed by atoms with Crippen LogP contribution in [0.2, 0.25) is 5.15 Å². The smallest absolute Gasteiger partial charge is 0.443 e. The molecule has 1 aromatic carbocycles. The molecule has 0 amide bonds.